The maximum Gasteiger partial charge on any atom is 0.161 e. The molecule has 0 saturated carbocycles. The fourth-order valence-electron chi connectivity index (χ4n) is 4.14. The van der Waals surface area contributed by atoms with Crippen LogP contribution < -0.4 is 14.9 Å². The first-order valence-electron chi connectivity index (χ1n) is 8.59. The molecule has 2 unspecified atom stereocenters. The molecular weight excluding hydrogens is 290 g/mol. The maximum absolute atomic E-state index is 5.83. The summed E-state index contributed by atoms with van der Waals surface area (Å²) in [4.78, 5) is 2.58. The van der Waals surface area contributed by atoms with Gasteiger partial charge in [-0.1, -0.05) is 6.07 Å². The zero-order chi connectivity index (χ0) is 16.0. The molecule has 1 aromatic rings. The van der Waals surface area contributed by atoms with Gasteiger partial charge in [-0.3, -0.25) is 4.90 Å². The molecule has 5 nitrogen and oxygen atoms in total. The zero-order valence-electron chi connectivity index (χ0n) is 14.1. The van der Waals surface area contributed by atoms with Crippen LogP contribution in [-0.2, 0) is 0 Å². The van der Waals surface area contributed by atoms with Crippen molar-refractivity contribution in [3.05, 3.63) is 23.8 Å². The number of nitrogens with one attached hydrogen (secondary N) is 1. The first-order valence-corrected chi connectivity index (χ1v) is 8.59. The molecule has 0 aromatic heterocycles. The van der Waals surface area contributed by atoms with Crippen molar-refractivity contribution in [2.75, 3.05) is 20.2 Å². The average molecular weight is 315 g/mol. The van der Waals surface area contributed by atoms with Crippen LogP contribution in [0.2, 0.25) is 0 Å². The number of nitrogens with zero attached hydrogens (tertiary/aromatic N) is 2. The summed E-state index contributed by atoms with van der Waals surface area (Å²) in [6.45, 7) is 6.44. The first-order chi connectivity index (χ1) is 11.2. The minimum Gasteiger partial charge on any atom is -0.493 e. The Morgan fingerprint density at radius 3 is 2.70 bits per heavy atom. The summed E-state index contributed by atoms with van der Waals surface area (Å²) < 4.78 is 11.4. The number of rotatable bonds is 4. The van der Waals surface area contributed by atoms with E-state index in [4.69, 9.17) is 9.47 Å². The van der Waals surface area contributed by atoms with Crippen molar-refractivity contribution >= 4 is 5.71 Å². The van der Waals surface area contributed by atoms with Gasteiger partial charge in [0.25, 0.3) is 0 Å². The number of ether oxygens (including phenoxy) is 2. The molecule has 1 N–H and O–H groups in total. The molecule has 3 saturated heterocycles. The van der Waals surface area contributed by atoms with Crippen LogP contribution in [0.15, 0.2) is 23.3 Å². The highest BCUT2D eigenvalue weighted by Crippen LogP contribution is 2.40. The number of hydrogen-bond donors (Lipinski definition) is 1. The van der Waals surface area contributed by atoms with Crippen LogP contribution in [0, 0.1) is 5.92 Å². The molecule has 23 heavy (non-hydrogen) atoms. The fourth-order valence-corrected chi connectivity index (χ4v) is 4.14. The van der Waals surface area contributed by atoms with E-state index >= 15 is 0 Å². The lowest BCUT2D eigenvalue weighted by Crippen LogP contribution is -2.56. The van der Waals surface area contributed by atoms with Crippen LogP contribution >= 0.6 is 0 Å². The Kier molecular flexibility index (Phi) is 3.68. The quantitative estimate of drug-likeness (QED) is 0.927. The predicted octanol–water partition coefficient (Wildman–Crippen LogP) is 2.58. The largest absolute Gasteiger partial charge is 0.493 e. The molecular formula is C18H25N3O2. The molecule has 5 rings (SSSR count). The van der Waals surface area contributed by atoms with Gasteiger partial charge in [-0.15, -0.1) is 0 Å². The van der Waals surface area contributed by atoms with Crippen LogP contribution in [0.1, 0.15) is 38.3 Å². The average Bonchev–Trinajstić information content (AvgIpc) is 3.03. The van der Waals surface area contributed by atoms with Gasteiger partial charge in [0.05, 0.1) is 31.0 Å². The van der Waals surface area contributed by atoms with E-state index in [2.05, 4.69) is 27.6 Å². The number of benzene rings is 1. The van der Waals surface area contributed by atoms with Crippen molar-refractivity contribution in [2.24, 2.45) is 11.0 Å². The summed E-state index contributed by atoms with van der Waals surface area (Å²) in [6, 6.07) is 6.88. The molecule has 0 amide bonds. The minimum absolute atomic E-state index is 0.134. The summed E-state index contributed by atoms with van der Waals surface area (Å²) in [6.07, 6.45) is 2.65. The number of methoxy groups -OCH3 is 1. The Bertz CT molecular complexity index is 621. The van der Waals surface area contributed by atoms with E-state index in [-0.39, 0.29) is 12.1 Å². The zero-order valence-corrected chi connectivity index (χ0v) is 14.1. The lowest BCUT2D eigenvalue weighted by molar-refractivity contribution is 0.133. The van der Waals surface area contributed by atoms with Crippen LogP contribution in [0.3, 0.4) is 0 Å². The van der Waals surface area contributed by atoms with Crippen molar-refractivity contribution in [2.45, 2.75) is 44.9 Å². The summed E-state index contributed by atoms with van der Waals surface area (Å²) in [5.74, 6) is 2.27. The van der Waals surface area contributed by atoms with Crippen molar-refractivity contribution in [3.63, 3.8) is 0 Å². The molecule has 3 fully saturated rings. The van der Waals surface area contributed by atoms with E-state index in [1.54, 1.807) is 7.11 Å². The smallest absolute Gasteiger partial charge is 0.161 e. The van der Waals surface area contributed by atoms with Gasteiger partial charge >= 0.3 is 0 Å². The van der Waals surface area contributed by atoms with Gasteiger partial charge in [-0.05, 0) is 57.5 Å². The molecule has 0 radical (unpaired) electrons. The van der Waals surface area contributed by atoms with Gasteiger partial charge < -0.3 is 14.9 Å². The number of piperidine rings is 3. The molecule has 4 heterocycles. The van der Waals surface area contributed by atoms with E-state index in [0.717, 1.165) is 11.5 Å². The Morgan fingerprint density at radius 1 is 1.22 bits per heavy atom. The Labute approximate surface area is 137 Å². The minimum atomic E-state index is 0.134. The third-order valence-electron chi connectivity index (χ3n) is 5.20. The van der Waals surface area contributed by atoms with Crippen LogP contribution in [0.4, 0.5) is 0 Å². The Morgan fingerprint density at radius 2 is 2.00 bits per heavy atom. The van der Waals surface area contributed by atoms with Crippen LogP contribution in [0.5, 0.6) is 11.5 Å². The van der Waals surface area contributed by atoms with E-state index < -0.39 is 0 Å². The molecule has 4 aliphatic heterocycles. The summed E-state index contributed by atoms with van der Waals surface area (Å²) in [5.41, 5.74) is 5.95. The molecule has 5 heteroatoms. The lowest BCUT2D eigenvalue weighted by atomic mass is 9.78. The van der Waals surface area contributed by atoms with E-state index in [0.29, 0.717) is 12.0 Å². The Balaban J connectivity index is 1.61. The molecule has 124 valence electrons. The molecule has 4 aliphatic rings. The number of hydrazone groups is 1. The van der Waals surface area contributed by atoms with E-state index in [9.17, 15) is 0 Å². The normalized spacial score (nSPS) is 31.6. The van der Waals surface area contributed by atoms with Crippen molar-refractivity contribution in [1.82, 2.24) is 10.3 Å². The van der Waals surface area contributed by atoms with Crippen molar-refractivity contribution in [1.29, 1.82) is 0 Å². The summed E-state index contributed by atoms with van der Waals surface area (Å²) >= 11 is 0. The van der Waals surface area contributed by atoms with E-state index in [1.807, 2.05) is 19.9 Å². The maximum atomic E-state index is 5.83. The van der Waals surface area contributed by atoms with Crippen molar-refractivity contribution in [3.8, 4) is 11.5 Å². The molecule has 2 bridgehead atoms. The molecule has 2 atom stereocenters. The predicted molar refractivity (Wildman–Crippen MR) is 90.2 cm³/mol. The lowest BCUT2D eigenvalue weighted by Gasteiger charge is -2.45. The topological polar surface area (TPSA) is 46.1 Å². The van der Waals surface area contributed by atoms with Crippen LogP contribution in [0.25, 0.3) is 0 Å². The van der Waals surface area contributed by atoms with Crippen molar-refractivity contribution < 1.29 is 9.47 Å². The third-order valence-corrected chi connectivity index (χ3v) is 5.20. The highest BCUT2D eigenvalue weighted by molar-refractivity contribution is 5.95. The summed E-state index contributed by atoms with van der Waals surface area (Å²) in [5, 5.41) is 4.68. The number of hydrogen-bond acceptors (Lipinski definition) is 5. The highest BCUT2D eigenvalue weighted by Gasteiger charge is 2.46. The van der Waals surface area contributed by atoms with Crippen LogP contribution in [-0.4, -0.2) is 43.0 Å². The SMILES string of the molecule is COc1cc(C2NN=C3C4CCN(CC4)C32)ccc1OC(C)C. The molecule has 0 aliphatic carbocycles. The second-order valence-electron chi connectivity index (χ2n) is 6.98. The Hall–Kier alpha value is -1.75. The molecule has 0 spiro atoms. The summed E-state index contributed by atoms with van der Waals surface area (Å²) in [7, 11) is 1.70. The van der Waals surface area contributed by atoms with Gasteiger partial charge in [-0.2, -0.15) is 5.10 Å². The number of fused-ring (bicyclic) bond motifs is 2. The van der Waals surface area contributed by atoms with Gasteiger partial charge in [0.15, 0.2) is 11.5 Å². The van der Waals surface area contributed by atoms with Gasteiger partial charge in [-0.25, -0.2) is 0 Å². The van der Waals surface area contributed by atoms with Gasteiger partial charge in [0, 0.05) is 5.92 Å². The fraction of sp³-hybridized carbons (Fsp3) is 0.611. The molecule has 1 aromatic carbocycles. The third kappa shape index (κ3) is 2.47. The second kappa shape index (κ2) is 5.71. The monoisotopic (exact) mass is 315 g/mol. The van der Waals surface area contributed by atoms with E-state index in [1.165, 1.54) is 37.2 Å². The van der Waals surface area contributed by atoms with Gasteiger partial charge in [0.2, 0.25) is 0 Å². The first kappa shape index (κ1) is 14.8. The van der Waals surface area contributed by atoms with Gasteiger partial charge in [0.1, 0.15) is 0 Å². The second-order valence-corrected chi connectivity index (χ2v) is 6.98. The highest BCUT2D eigenvalue weighted by atomic mass is 16.5. The standard InChI is InChI=1S/C18H25N3O2/c1-11(2)23-14-5-4-13(10-15(14)22-3)17-18-16(19-20-17)12-6-8-21(18)9-7-12/h4-5,10-12,17-18,20H,6-9H2,1-3H3.